The number of nitrogens with one attached hydrogen (secondary N) is 1. The van der Waals surface area contributed by atoms with Crippen molar-refractivity contribution < 1.29 is 4.79 Å². The van der Waals surface area contributed by atoms with E-state index >= 15 is 0 Å². The Bertz CT molecular complexity index is 732. The lowest BCUT2D eigenvalue weighted by Crippen LogP contribution is -2.41. The van der Waals surface area contributed by atoms with Crippen LogP contribution in [0, 0.1) is 13.8 Å². The number of aromatic nitrogens is 3. The molecule has 134 valence electrons. The number of anilines is 1. The molecule has 0 spiro atoms. The molecule has 1 aliphatic heterocycles. The number of fused-ring (bicyclic) bond motifs is 1. The van der Waals surface area contributed by atoms with Gasteiger partial charge in [0.05, 0.1) is 12.2 Å². The first-order valence-electron chi connectivity index (χ1n) is 9.14. The highest BCUT2D eigenvalue weighted by Gasteiger charge is 2.23. The molecule has 6 heteroatoms. The third-order valence-corrected chi connectivity index (χ3v) is 4.77. The topological polar surface area (TPSA) is 63.1 Å². The maximum Gasteiger partial charge on any atom is 0.322 e. The number of amides is 2. The zero-order chi connectivity index (χ0) is 17.8. The summed E-state index contributed by atoms with van der Waals surface area (Å²) in [5, 5.41) is 11.7. The molecule has 0 bridgehead atoms. The third-order valence-electron chi connectivity index (χ3n) is 4.77. The zero-order valence-corrected chi connectivity index (χ0v) is 15.4. The summed E-state index contributed by atoms with van der Waals surface area (Å²) >= 11 is 0. The fraction of sp³-hybridized carbons (Fsp3) is 0.526. The van der Waals surface area contributed by atoms with E-state index in [-0.39, 0.29) is 6.03 Å². The van der Waals surface area contributed by atoms with Crippen molar-refractivity contribution in [2.75, 3.05) is 11.4 Å². The van der Waals surface area contributed by atoms with E-state index in [2.05, 4.69) is 20.1 Å². The van der Waals surface area contributed by atoms with Gasteiger partial charge in [0.2, 0.25) is 0 Å². The van der Waals surface area contributed by atoms with E-state index in [0.29, 0.717) is 13.1 Å². The Morgan fingerprint density at radius 3 is 2.68 bits per heavy atom. The van der Waals surface area contributed by atoms with E-state index in [0.717, 1.165) is 54.3 Å². The first-order chi connectivity index (χ1) is 12.1. The van der Waals surface area contributed by atoms with Crippen LogP contribution in [0.1, 0.15) is 49.0 Å². The van der Waals surface area contributed by atoms with E-state index in [4.69, 9.17) is 0 Å². The Morgan fingerprint density at radius 2 is 1.96 bits per heavy atom. The molecule has 0 radical (unpaired) electrons. The van der Waals surface area contributed by atoms with E-state index in [1.165, 1.54) is 6.42 Å². The van der Waals surface area contributed by atoms with Crippen LogP contribution in [-0.2, 0) is 19.5 Å². The fourth-order valence-electron chi connectivity index (χ4n) is 3.53. The molecule has 0 unspecified atom stereocenters. The van der Waals surface area contributed by atoms with Gasteiger partial charge in [0.15, 0.2) is 5.82 Å². The van der Waals surface area contributed by atoms with Crippen LogP contribution in [0.5, 0.6) is 0 Å². The molecule has 0 saturated carbocycles. The Morgan fingerprint density at radius 1 is 1.20 bits per heavy atom. The normalized spacial score (nSPS) is 13.9. The predicted octanol–water partition coefficient (Wildman–Crippen LogP) is 3.36. The Hall–Kier alpha value is -2.37. The molecule has 0 fully saturated rings. The molecule has 2 aromatic rings. The highest BCUT2D eigenvalue weighted by molar-refractivity contribution is 5.93. The minimum Gasteiger partial charge on any atom is -0.338 e. The first-order valence-corrected chi connectivity index (χ1v) is 9.14. The van der Waals surface area contributed by atoms with Crippen molar-refractivity contribution in [3.8, 4) is 0 Å². The summed E-state index contributed by atoms with van der Waals surface area (Å²) in [6.45, 7) is 7.98. The summed E-state index contributed by atoms with van der Waals surface area (Å²) in [5.74, 6) is 1.91. The molecule has 2 heterocycles. The number of aryl methyl sites for hydroxylation is 3. The average Bonchev–Trinajstić information content (AvgIpc) is 2.80. The Balaban J connectivity index is 1.96. The van der Waals surface area contributed by atoms with E-state index in [1.54, 1.807) is 4.90 Å². The van der Waals surface area contributed by atoms with Crippen molar-refractivity contribution in [2.24, 2.45) is 0 Å². The van der Waals surface area contributed by atoms with Crippen molar-refractivity contribution in [1.29, 1.82) is 0 Å². The standard InChI is InChI=1S/C19H27N5O/c1-4-20-19(25)24(18-14(2)9-8-10-15(18)3)13-17-22-21-16-11-6-5-7-12-23(16)17/h8-10H,4-7,11-13H2,1-3H3,(H,20,25). The van der Waals surface area contributed by atoms with Crippen LogP contribution in [0.2, 0.25) is 0 Å². The summed E-state index contributed by atoms with van der Waals surface area (Å²) in [7, 11) is 0. The highest BCUT2D eigenvalue weighted by atomic mass is 16.2. The molecule has 0 atom stereocenters. The minimum absolute atomic E-state index is 0.0918. The molecule has 6 nitrogen and oxygen atoms in total. The molecular formula is C19H27N5O. The molecule has 1 aromatic carbocycles. The van der Waals surface area contributed by atoms with Crippen LogP contribution in [0.3, 0.4) is 0 Å². The van der Waals surface area contributed by atoms with Gasteiger partial charge in [-0.15, -0.1) is 10.2 Å². The maximum absolute atomic E-state index is 12.8. The molecule has 25 heavy (non-hydrogen) atoms. The smallest absolute Gasteiger partial charge is 0.322 e. The fourth-order valence-corrected chi connectivity index (χ4v) is 3.53. The SMILES string of the molecule is CCNC(=O)N(Cc1nnc2n1CCCCC2)c1c(C)cccc1C. The number of para-hydroxylation sites is 1. The van der Waals surface area contributed by atoms with Crippen LogP contribution in [0.15, 0.2) is 18.2 Å². The largest absolute Gasteiger partial charge is 0.338 e. The van der Waals surface area contributed by atoms with Crippen LogP contribution in [-0.4, -0.2) is 27.3 Å². The summed E-state index contributed by atoms with van der Waals surface area (Å²) in [5.41, 5.74) is 3.13. The predicted molar refractivity (Wildman–Crippen MR) is 98.7 cm³/mol. The van der Waals surface area contributed by atoms with Crippen LogP contribution >= 0.6 is 0 Å². The number of hydrogen-bond donors (Lipinski definition) is 1. The number of hydrogen-bond acceptors (Lipinski definition) is 3. The molecule has 0 saturated heterocycles. The third kappa shape index (κ3) is 3.67. The average molecular weight is 341 g/mol. The summed E-state index contributed by atoms with van der Waals surface area (Å²) in [4.78, 5) is 14.6. The number of urea groups is 1. The van der Waals surface area contributed by atoms with Gasteiger partial charge in [-0.2, -0.15) is 0 Å². The van der Waals surface area contributed by atoms with Gasteiger partial charge in [0, 0.05) is 19.5 Å². The first kappa shape index (κ1) is 17.5. The van der Waals surface area contributed by atoms with Crippen molar-refractivity contribution in [2.45, 2.75) is 59.5 Å². The second kappa shape index (κ2) is 7.68. The van der Waals surface area contributed by atoms with Gasteiger partial charge in [-0.05, 0) is 44.7 Å². The zero-order valence-electron chi connectivity index (χ0n) is 15.4. The molecule has 0 aliphatic carbocycles. The number of carbonyl (C=O) groups excluding carboxylic acids is 1. The van der Waals surface area contributed by atoms with Crippen molar-refractivity contribution >= 4 is 11.7 Å². The lowest BCUT2D eigenvalue weighted by molar-refractivity contribution is 0.246. The number of nitrogens with zero attached hydrogens (tertiary/aromatic N) is 4. The molecular weight excluding hydrogens is 314 g/mol. The van der Waals surface area contributed by atoms with Crippen LogP contribution < -0.4 is 10.2 Å². The van der Waals surface area contributed by atoms with Gasteiger partial charge < -0.3 is 9.88 Å². The molecule has 1 aromatic heterocycles. The van der Waals surface area contributed by atoms with E-state index in [1.807, 2.05) is 39.0 Å². The number of benzene rings is 1. The van der Waals surface area contributed by atoms with Gasteiger partial charge >= 0.3 is 6.03 Å². The van der Waals surface area contributed by atoms with Gasteiger partial charge in [-0.3, -0.25) is 4.90 Å². The Labute approximate surface area is 149 Å². The lowest BCUT2D eigenvalue weighted by Gasteiger charge is -2.26. The quantitative estimate of drug-likeness (QED) is 0.927. The van der Waals surface area contributed by atoms with E-state index < -0.39 is 0 Å². The van der Waals surface area contributed by atoms with Gasteiger partial charge in [-0.25, -0.2) is 4.79 Å². The molecule has 3 rings (SSSR count). The van der Waals surface area contributed by atoms with Gasteiger partial charge in [0.25, 0.3) is 0 Å². The van der Waals surface area contributed by atoms with Crippen molar-refractivity contribution in [3.05, 3.63) is 41.0 Å². The second-order valence-electron chi connectivity index (χ2n) is 6.66. The second-order valence-corrected chi connectivity index (χ2v) is 6.66. The highest BCUT2D eigenvalue weighted by Crippen LogP contribution is 2.27. The van der Waals surface area contributed by atoms with Gasteiger partial charge in [0.1, 0.15) is 5.82 Å². The van der Waals surface area contributed by atoms with Crippen LogP contribution in [0.4, 0.5) is 10.5 Å². The lowest BCUT2D eigenvalue weighted by atomic mass is 10.1. The minimum atomic E-state index is -0.0918. The van der Waals surface area contributed by atoms with Crippen LogP contribution in [0.25, 0.3) is 0 Å². The molecule has 1 N–H and O–H groups in total. The molecule has 2 amide bonds. The monoisotopic (exact) mass is 341 g/mol. The summed E-state index contributed by atoms with van der Waals surface area (Å²) in [6, 6.07) is 6.01. The number of rotatable bonds is 4. The van der Waals surface area contributed by atoms with E-state index in [9.17, 15) is 4.79 Å². The summed E-state index contributed by atoms with van der Waals surface area (Å²) in [6.07, 6.45) is 4.49. The van der Waals surface area contributed by atoms with Gasteiger partial charge in [-0.1, -0.05) is 24.6 Å². The maximum atomic E-state index is 12.8. The van der Waals surface area contributed by atoms with Crippen molar-refractivity contribution in [1.82, 2.24) is 20.1 Å². The Kier molecular flexibility index (Phi) is 5.36. The summed E-state index contributed by atoms with van der Waals surface area (Å²) < 4.78 is 2.20. The molecule has 1 aliphatic rings. The number of carbonyl (C=O) groups is 1. The van der Waals surface area contributed by atoms with Crippen molar-refractivity contribution in [3.63, 3.8) is 0 Å².